The van der Waals surface area contributed by atoms with Crippen LogP contribution < -0.4 is 4.74 Å². The highest BCUT2D eigenvalue weighted by molar-refractivity contribution is 5.80. The SMILES string of the molecule is C=C(C)[C@@H]1C[C@@H](C(C)=O)C2Oc3cc(CCCCC)cc(O)c3C21. The first kappa shape index (κ1) is 17.1. The minimum Gasteiger partial charge on any atom is -0.508 e. The average molecular weight is 328 g/mol. The number of aryl methyl sites for hydroxylation is 1. The van der Waals surface area contributed by atoms with Crippen LogP contribution in [0, 0.1) is 11.8 Å². The van der Waals surface area contributed by atoms with Crippen molar-refractivity contribution in [2.24, 2.45) is 11.8 Å². The van der Waals surface area contributed by atoms with Crippen LogP contribution in [0.1, 0.15) is 63.5 Å². The molecule has 0 radical (unpaired) electrons. The van der Waals surface area contributed by atoms with Gasteiger partial charge in [-0.15, -0.1) is 0 Å². The Labute approximate surface area is 144 Å². The van der Waals surface area contributed by atoms with Crippen molar-refractivity contribution < 1.29 is 14.6 Å². The number of allylic oxidation sites excluding steroid dienone is 1. The van der Waals surface area contributed by atoms with Crippen LogP contribution in [-0.4, -0.2) is 17.0 Å². The van der Waals surface area contributed by atoms with Crippen molar-refractivity contribution in [3.8, 4) is 11.5 Å². The minimum atomic E-state index is -0.156. The normalized spacial score (nSPS) is 27.5. The van der Waals surface area contributed by atoms with Gasteiger partial charge in [-0.05, 0) is 56.7 Å². The van der Waals surface area contributed by atoms with Gasteiger partial charge in [0.15, 0.2) is 0 Å². The number of hydrogen-bond acceptors (Lipinski definition) is 3. The molecule has 1 aliphatic carbocycles. The zero-order chi connectivity index (χ0) is 17.4. The minimum absolute atomic E-state index is 0.0519. The van der Waals surface area contributed by atoms with E-state index in [2.05, 4.69) is 19.6 Å². The number of benzene rings is 1. The highest BCUT2D eigenvalue weighted by Gasteiger charge is 2.53. The van der Waals surface area contributed by atoms with Gasteiger partial charge >= 0.3 is 0 Å². The molecule has 1 aromatic carbocycles. The van der Waals surface area contributed by atoms with Gasteiger partial charge in [0.25, 0.3) is 0 Å². The lowest BCUT2D eigenvalue weighted by Crippen LogP contribution is -2.27. The van der Waals surface area contributed by atoms with E-state index in [0.29, 0.717) is 5.75 Å². The first-order chi connectivity index (χ1) is 11.4. The molecule has 0 saturated heterocycles. The Morgan fingerprint density at radius 1 is 1.29 bits per heavy atom. The van der Waals surface area contributed by atoms with Crippen molar-refractivity contribution >= 4 is 5.78 Å². The molecule has 1 aliphatic heterocycles. The summed E-state index contributed by atoms with van der Waals surface area (Å²) in [5.41, 5.74) is 3.07. The van der Waals surface area contributed by atoms with Crippen LogP contribution in [0.2, 0.25) is 0 Å². The monoisotopic (exact) mass is 328 g/mol. The highest BCUT2D eigenvalue weighted by Crippen LogP contribution is 2.57. The molecule has 1 N–H and O–H groups in total. The van der Waals surface area contributed by atoms with E-state index in [1.165, 1.54) is 12.8 Å². The molecular formula is C21H28O3. The van der Waals surface area contributed by atoms with Crippen molar-refractivity contribution in [3.63, 3.8) is 0 Å². The maximum Gasteiger partial charge on any atom is 0.136 e. The number of hydrogen-bond donors (Lipinski definition) is 1. The number of carbonyl (C=O) groups excluding carboxylic acids is 1. The van der Waals surface area contributed by atoms with Gasteiger partial charge < -0.3 is 9.84 Å². The summed E-state index contributed by atoms with van der Waals surface area (Å²) < 4.78 is 6.19. The highest BCUT2D eigenvalue weighted by atomic mass is 16.5. The van der Waals surface area contributed by atoms with Crippen molar-refractivity contribution in [2.45, 2.75) is 64.9 Å². The zero-order valence-corrected chi connectivity index (χ0v) is 15.0. The number of unbranched alkanes of at least 4 members (excludes halogenated alkanes) is 2. The number of ether oxygens (including phenoxy) is 1. The van der Waals surface area contributed by atoms with Gasteiger partial charge in [0.2, 0.25) is 0 Å². The van der Waals surface area contributed by atoms with Crippen LogP contribution in [0.15, 0.2) is 24.3 Å². The lowest BCUT2D eigenvalue weighted by molar-refractivity contribution is -0.122. The lowest BCUT2D eigenvalue weighted by atomic mass is 9.84. The maximum atomic E-state index is 12.1. The Morgan fingerprint density at radius 2 is 2.04 bits per heavy atom. The molecule has 4 atom stereocenters. The maximum absolute atomic E-state index is 12.1. The summed E-state index contributed by atoms with van der Waals surface area (Å²) in [6.45, 7) is 9.95. The number of rotatable bonds is 6. The van der Waals surface area contributed by atoms with E-state index in [0.717, 1.165) is 41.7 Å². The second kappa shape index (κ2) is 6.62. The fourth-order valence-corrected chi connectivity index (χ4v) is 4.43. The summed E-state index contributed by atoms with van der Waals surface area (Å²) in [7, 11) is 0. The van der Waals surface area contributed by atoms with E-state index in [-0.39, 0.29) is 29.6 Å². The fourth-order valence-electron chi connectivity index (χ4n) is 4.43. The summed E-state index contributed by atoms with van der Waals surface area (Å²) in [4.78, 5) is 12.1. The summed E-state index contributed by atoms with van der Waals surface area (Å²) >= 11 is 0. The van der Waals surface area contributed by atoms with E-state index in [1.54, 1.807) is 6.92 Å². The number of aromatic hydroxyl groups is 1. The molecule has 2 aliphatic rings. The van der Waals surface area contributed by atoms with Crippen LogP contribution in [0.3, 0.4) is 0 Å². The summed E-state index contributed by atoms with van der Waals surface area (Å²) in [6, 6.07) is 3.95. The third-order valence-electron chi connectivity index (χ3n) is 5.69. The fraction of sp³-hybridized carbons (Fsp3) is 0.571. The van der Waals surface area contributed by atoms with E-state index in [1.807, 2.05) is 13.0 Å². The van der Waals surface area contributed by atoms with Crippen LogP contribution in [0.4, 0.5) is 0 Å². The van der Waals surface area contributed by atoms with Crippen molar-refractivity contribution in [3.05, 3.63) is 35.4 Å². The number of phenols is 1. The number of ketones is 1. The molecule has 0 amide bonds. The standard InChI is InChI=1S/C21H28O3/c1-5-6-7-8-14-9-17(23)20-18(10-14)24-21-16(13(4)22)11-15(12(2)3)19(20)21/h9-10,15-16,19,21,23H,2,5-8,11H2,1,3-4H3/t15-,16-,19?,21?/m0/s1. The third kappa shape index (κ3) is 2.85. The molecule has 3 heteroatoms. The van der Waals surface area contributed by atoms with Crippen LogP contribution in [-0.2, 0) is 11.2 Å². The Balaban J connectivity index is 1.94. The topological polar surface area (TPSA) is 46.5 Å². The first-order valence-corrected chi connectivity index (χ1v) is 9.12. The molecule has 2 unspecified atom stereocenters. The van der Waals surface area contributed by atoms with E-state index >= 15 is 0 Å². The summed E-state index contributed by atoms with van der Waals surface area (Å²) in [5.74, 6) is 1.41. The van der Waals surface area contributed by atoms with Crippen molar-refractivity contribution in [2.75, 3.05) is 0 Å². The van der Waals surface area contributed by atoms with Crippen molar-refractivity contribution in [1.29, 1.82) is 0 Å². The third-order valence-corrected chi connectivity index (χ3v) is 5.69. The molecule has 3 nitrogen and oxygen atoms in total. The Kier molecular flexibility index (Phi) is 4.71. The molecule has 1 heterocycles. The molecule has 0 spiro atoms. The largest absolute Gasteiger partial charge is 0.508 e. The molecule has 0 aromatic heterocycles. The Morgan fingerprint density at radius 3 is 2.67 bits per heavy atom. The van der Waals surface area contributed by atoms with E-state index in [4.69, 9.17) is 4.74 Å². The number of phenolic OH excluding ortho intramolecular Hbond substituents is 1. The molecule has 130 valence electrons. The predicted octanol–water partition coefficient (Wildman–Crippen LogP) is 4.77. The molecule has 24 heavy (non-hydrogen) atoms. The summed E-state index contributed by atoms with van der Waals surface area (Å²) in [6.07, 6.45) is 5.05. The van der Waals surface area contributed by atoms with E-state index < -0.39 is 0 Å². The van der Waals surface area contributed by atoms with Gasteiger partial charge in [-0.25, -0.2) is 0 Å². The van der Waals surface area contributed by atoms with Crippen molar-refractivity contribution in [1.82, 2.24) is 0 Å². The van der Waals surface area contributed by atoms with Gasteiger partial charge in [0, 0.05) is 11.5 Å². The second-order valence-electron chi connectivity index (χ2n) is 7.50. The first-order valence-electron chi connectivity index (χ1n) is 9.12. The van der Waals surface area contributed by atoms with Crippen LogP contribution >= 0.6 is 0 Å². The smallest absolute Gasteiger partial charge is 0.136 e. The number of Topliss-reactive ketones (excluding diaryl/α,β-unsaturated/α-hetero) is 1. The van der Waals surface area contributed by atoms with Gasteiger partial charge in [0.1, 0.15) is 23.4 Å². The molecule has 0 bridgehead atoms. The van der Waals surface area contributed by atoms with E-state index in [9.17, 15) is 9.90 Å². The van der Waals surface area contributed by atoms with Gasteiger partial charge in [-0.3, -0.25) is 4.79 Å². The molecule has 1 saturated carbocycles. The Bertz CT molecular complexity index is 661. The van der Waals surface area contributed by atoms with Crippen LogP contribution in [0.25, 0.3) is 0 Å². The summed E-state index contributed by atoms with van der Waals surface area (Å²) in [5, 5.41) is 10.6. The molecule has 1 aromatic rings. The predicted molar refractivity (Wildman–Crippen MR) is 95.6 cm³/mol. The molecule has 1 fully saturated rings. The molecular weight excluding hydrogens is 300 g/mol. The average Bonchev–Trinajstić information content (AvgIpc) is 3.03. The zero-order valence-electron chi connectivity index (χ0n) is 15.0. The second-order valence-corrected chi connectivity index (χ2v) is 7.50. The van der Waals surface area contributed by atoms with Gasteiger partial charge in [-0.1, -0.05) is 31.9 Å². The van der Waals surface area contributed by atoms with Gasteiger partial charge in [-0.2, -0.15) is 0 Å². The number of fused-ring (bicyclic) bond motifs is 3. The van der Waals surface area contributed by atoms with Crippen LogP contribution in [0.5, 0.6) is 11.5 Å². The number of carbonyl (C=O) groups is 1. The Hall–Kier alpha value is -1.77. The lowest BCUT2D eigenvalue weighted by Gasteiger charge is -2.18. The van der Waals surface area contributed by atoms with Gasteiger partial charge in [0.05, 0.1) is 5.92 Å². The molecule has 3 rings (SSSR count). The quantitative estimate of drug-likeness (QED) is 0.604.